The van der Waals surface area contributed by atoms with Crippen LogP contribution in [0.4, 0.5) is 5.69 Å². The van der Waals surface area contributed by atoms with Crippen molar-refractivity contribution < 1.29 is 4.92 Å². The molecule has 1 heterocycles. The van der Waals surface area contributed by atoms with Gasteiger partial charge >= 0.3 is 0 Å². The fourth-order valence-corrected chi connectivity index (χ4v) is 4.08. The van der Waals surface area contributed by atoms with Gasteiger partial charge in [-0.25, -0.2) is 0 Å². The van der Waals surface area contributed by atoms with Gasteiger partial charge in [-0.15, -0.1) is 0 Å². The lowest BCUT2D eigenvalue weighted by Gasteiger charge is -2.42. The van der Waals surface area contributed by atoms with Crippen LogP contribution in [0.2, 0.25) is 0 Å². The van der Waals surface area contributed by atoms with Crippen LogP contribution in [0.25, 0.3) is 0 Å². The van der Waals surface area contributed by atoms with Crippen LogP contribution in [0, 0.1) is 16.0 Å². The number of hydrogen-bond donors (Lipinski definition) is 0. The van der Waals surface area contributed by atoms with Crippen LogP contribution in [-0.2, 0) is 6.54 Å². The largest absolute Gasteiger partial charge is 0.298 e. The number of piperazine rings is 1. The number of nitrogens with zero attached hydrogens (tertiary/aromatic N) is 3. The topological polar surface area (TPSA) is 49.6 Å². The highest BCUT2D eigenvalue weighted by atomic mass is 16.6. The predicted molar refractivity (Wildman–Crippen MR) is 91.4 cm³/mol. The monoisotopic (exact) mass is 317 g/mol. The predicted octanol–water partition coefficient (Wildman–Crippen LogP) is 3.29. The minimum absolute atomic E-state index is 0.246. The first-order valence-corrected chi connectivity index (χ1v) is 8.82. The quantitative estimate of drug-likeness (QED) is 0.631. The lowest BCUT2D eigenvalue weighted by atomic mass is 9.86. The van der Waals surface area contributed by atoms with E-state index in [1.165, 1.54) is 25.7 Å². The van der Waals surface area contributed by atoms with Crippen molar-refractivity contribution in [2.24, 2.45) is 5.92 Å². The van der Waals surface area contributed by atoms with Crippen LogP contribution in [0.1, 0.15) is 38.2 Å². The molecule has 1 aliphatic heterocycles. The van der Waals surface area contributed by atoms with Crippen LogP contribution in [0.15, 0.2) is 24.3 Å². The summed E-state index contributed by atoms with van der Waals surface area (Å²) in [6.07, 6.45) is 5.43. The number of rotatable bonds is 4. The maximum absolute atomic E-state index is 11.1. The molecule has 0 unspecified atom stereocenters. The molecule has 1 aromatic rings. The molecule has 23 heavy (non-hydrogen) atoms. The Labute approximate surface area is 138 Å². The second-order valence-electron chi connectivity index (χ2n) is 7.12. The maximum Gasteiger partial charge on any atom is 0.273 e. The van der Waals surface area contributed by atoms with Crippen molar-refractivity contribution in [1.29, 1.82) is 0 Å². The molecule has 0 bridgehead atoms. The molecule has 5 heteroatoms. The van der Waals surface area contributed by atoms with Crippen LogP contribution < -0.4 is 0 Å². The summed E-state index contributed by atoms with van der Waals surface area (Å²) in [5.74, 6) is 0.860. The molecule has 1 saturated heterocycles. The van der Waals surface area contributed by atoms with E-state index < -0.39 is 0 Å². The average Bonchev–Trinajstić information content (AvgIpc) is 2.56. The summed E-state index contributed by atoms with van der Waals surface area (Å²) in [4.78, 5) is 15.9. The standard InChI is InChI=1S/C18H27N3O2/c1-15-5-4-7-17(13-15)20-11-9-19(10-12-20)14-16-6-2-3-8-18(16)21(22)23/h2-3,6,8,15,17H,4-5,7,9-14H2,1H3/t15-,17+/m0/s1. The molecule has 0 radical (unpaired) electrons. The fraction of sp³-hybridized carbons (Fsp3) is 0.667. The first-order valence-electron chi connectivity index (χ1n) is 8.82. The minimum Gasteiger partial charge on any atom is -0.298 e. The normalized spacial score (nSPS) is 27.0. The van der Waals surface area contributed by atoms with Crippen molar-refractivity contribution in [2.45, 2.75) is 45.2 Å². The van der Waals surface area contributed by atoms with E-state index in [-0.39, 0.29) is 10.6 Å². The van der Waals surface area contributed by atoms with E-state index in [0.717, 1.165) is 43.7 Å². The molecule has 0 spiro atoms. The third-order valence-electron chi connectivity index (χ3n) is 5.41. The number of para-hydroxylation sites is 1. The molecule has 2 atom stereocenters. The van der Waals surface area contributed by atoms with Gasteiger partial charge in [0.1, 0.15) is 0 Å². The maximum atomic E-state index is 11.1. The van der Waals surface area contributed by atoms with Gasteiger partial charge in [0.05, 0.1) is 4.92 Å². The van der Waals surface area contributed by atoms with Gasteiger partial charge in [0, 0.05) is 50.4 Å². The van der Waals surface area contributed by atoms with Gasteiger partial charge in [0.25, 0.3) is 5.69 Å². The average molecular weight is 317 g/mol. The van der Waals surface area contributed by atoms with Crippen molar-refractivity contribution in [3.05, 3.63) is 39.9 Å². The van der Waals surface area contributed by atoms with Crippen LogP contribution in [0.3, 0.4) is 0 Å². The first kappa shape index (κ1) is 16.4. The smallest absolute Gasteiger partial charge is 0.273 e. The minimum atomic E-state index is -0.269. The van der Waals surface area contributed by atoms with Crippen molar-refractivity contribution in [3.8, 4) is 0 Å². The van der Waals surface area contributed by atoms with Gasteiger partial charge < -0.3 is 0 Å². The highest BCUT2D eigenvalue weighted by Crippen LogP contribution is 2.28. The molecule has 0 amide bonds. The van der Waals surface area contributed by atoms with E-state index in [1.807, 2.05) is 12.1 Å². The summed E-state index contributed by atoms with van der Waals surface area (Å²) in [5, 5.41) is 11.1. The number of benzene rings is 1. The van der Waals surface area contributed by atoms with Crippen molar-refractivity contribution in [1.82, 2.24) is 9.80 Å². The molecule has 3 rings (SSSR count). The van der Waals surface area contributed by atoms with E-state index in [2.05, 4.69) is 16.7 Å². The van der Waals surface area contributed by atoms with Gasteiger partial charge in [-0.2, -0.15) is 0 Å². The Morgan fingerprint density at radius 1 is 1.17 bits per heavy atom. The van der Waals surface area contributed by atoms with E-state index in [4.69, 9.17) is 0 Å². The van der Waals surface area contributed by atoms with Gasteiger partial charge in [-0.1, -0.05) is 38.0 Å². The number of nitro groups is 1. The molecule has 5 nitrogen and oxygen atoms in total. The number of hydrogen-bond acceptors (Lipinski definition) is 4. The molecular weight excluding hydrogens is 290 g/mol. The molecule has 1 aromatic carbocycles. The Bertz CT molecular complexity index is 541. The van der Waals surface area contributed by atoms with Gasteiger partial charge in [-0.3, -0.25) is 19.9 Å². The summed E-state index contributed by atoms with van der Waals surface area (Å²) in [7, 11) is 0. The highest BCUT2D eigenvalue weighted by Gasteiger charge is 2.28. The van der Waals surface area contributed by atoms with Gasteiger partial charge in [-0.05, 0) is 18.8 Å². The van der Waals surface area contributed by atoms with Gasteiger partial charge in [0.2, 0.25) is 0 Å². The molecule has 2 fully saturated rings. The summed E-state index contributed by atoms with van der Waals surface area (Å²) in [5.41, 5.74) is 1.08. The van der Waals surface area contributed by atoms with Crippen molar-refractivity contribution in [3.63, 3.8) is 0 Å². The Kier molecular flexibility index (Phi) is 5.28. The third kappa shape index (κ3) is 4.09. The SMILES string of the molecule is C[C@H]1CCC[C@@H](N2CCN(Cc3ccccc3[N+](=O)[O-])CC2)C1. The second kappa shape index (κ2) is 7.41. The van der Waals surface area contributed by atoms with Crippen LogP contribution in [-0.4, -0.2) is 46.9 Å². The Hall–Kier alpha value is -1.46. The first-order chi connectivity index (χ1) is 11.1. The van der Waals surface area contributed by atoms with Crippen LogP contribution in [0.5, 0.6) is 0 Å². The van der Waals surface area contributed by atoms with Crippen molar-refractivity contribution >= 4 is 5.69 Å². The van der Waals surface area contributed by atoms with Gasteiger partial charge in [0.15, 0.2) is 0 Å². The zero-order valence-electron chi connectivity index (χ0n) is 14.0. The molecule has 1 saturated carbocycles. The number of nitro benzene ring substituents is 1. The molecule has 2 aliphatic rings. The molecule has 126 valence electrons. The highest BCUT2D eigenvalue weighted by molar-refractivity contribution is 5.39. The van der Waals surface area contributed by atoms with E-state index in [9.17, 15) is 10.1 Å². The summed E-state index contributed by atoms with van der Waals surface area (Å²) < 4.78 is 0. The second-order valence-corrected chi connectivity index (χ2v) is 7.12. The molecule has 0 N–H and O–H groups in total. The zero-order valence-corrected chi connectivity index (χ0v) is 14.0. The summed E-state index contributed by atoms with van der Waals surface area (Å²) in [6.45, 7) is 7.27. The lowest BCUT2D eigenvalue weighted by molar-refractivity contribution is -0.385. The van der Waals surface area contributed by atoms with E-state index in [0.29, 0.717) is 6.54 Å². The van der Waals surface area contributed by atoms with E-state index in [1.54, 1.807) is 12.1 Å². The molecular formula is C18H27N3O2. The zero-order chi connectivity index (χ0) is 16.2. The van der Waals surface area contributed by atoms with Crippen molar-refractivity contribution in [2.75, 3.05) is 26.2 Å². The Morgan fingerprint density at radius 2 is 1.91 bits per heavy atom. The Balaban J connectivity index is 1.54. The molecule has 0 aromatic heterocycles. The fourth-order valence-electron chi connectivity index (χ4n) is 4.08. The van der Waals surface area contributed by atoms with E-state index >= 15 is 0 Å². The Morgan fingerprint density at radius 3 is 2.61 bits per heavy atom. The summed E-state index contributed by atoms with van der Waals surface area (Å²) >= 11 is 0. The lowest BCUT2D eigenvalue weighted by Crippen LogP contribution is -2.50. The molecule has 1 aliphatic carbocycles. The van der Waals surface area contributed by atoms with Crippen LogP contribution >= 0.6 is 0 Å². The summed E-state index contributed by atoms with van der Waals surface area (Å²) in [6, 6.07) is 7.88. The third-order valence-corrected chi connectivity index (χ3v) is 5.41.